The Morgan fingerprint density at radius 3 is 2.64 bits per heavy atom. The second-order valence-corrected chi connectivity index (χ2v) is 9.00. The quantitative estimate of drug-likeness (QED) is 0.901. The van der Waals surface area contributed by atoms with Crippen LogP contribution in [0, 0.1) is 0 Å². The van der Waals surface area contributed by atoms with Gasteiger partial charge in [0.25, 0.3) is 0 Å². The molecule has 2 atom stereocenters. The standard InChI is InChI=1S/C16H22N2O3S/c17-13-6-14(10-21-9-13)18-7-11-1-2-16(5-12(11)8-18)22(19,20)15-3-4-15/h1-2,5,13-15H,3-4,6-10,17H2. The maximum atomic E-state index is 12.4. The van der Waals surface area contributed by atoms with Crippen LogP contribution < -0.4 is 5.73 Å². The highest BCUT2D eigenvalue weighted by atomic mass is 32.2. The molecule has 4 rings (SSSR count). The first-order valence-electron chi connectivity index (χ1n) is 7.97. The molecule has 2 fully saturated rings. The fraction of sp³-hybridized carbons (Fsp3) is 0.625. The number of fused-ring (bicyclic) bond motifs is 1. The summed E-state index contributed by atoms with van der Waals surface area (Å²) in [4.78, 5) is 2.85. The molecule has 2 aliphatic heterocycles. The van der Waals surface area contributed by atoms with Crippen LogP contribution in [0.4, 0.5) is 0 Å². The molecule has 0 aromatic heterocycles. The van der Waals surface area contributed by atoms with Crippen molar-refractivity contribution in [2.45, 2.75) is 54.6 Å². The minimum Gasteiger partial charge on any atom is -0.378 e. The van der Waals surface area contributed by atoms with E-state index in [0.717, 1.165) is 44.5 Å². The number of nitrogens with two attached hydrogens (primary N) is 1. The Labute approximate surface area is 131 Å². The second-order valence-electron chi connectivity index (χ2n) is 6.77. The Hall–Kier alpha value is -0.950. The molecule has 1 saturated carbocycles. The van der Waals surface area contributed by atoms with Crippen LogP contribution in [0.5, 0.6) is 0 Å². The van der Waals surface area contributed by atoms with Crippen LogP contribution in [-0.4, -0.2) is 43.9 Å². The van der Waals surface area contributed by atoms with Crippen LogP contribution in [0.1, 0.15) is 30.4 Å². The zero-order valence-electron chi connectivity index (χ0n) is 12.6. The third kappa shape index (κ3) is 2.58. The van der Waals surface area contributed by atoms with Crippen molar-refractivity contribution in [2.24, 2.45) is 5.73 Å². The molecule has 22 heavy (non-hydrogen) atoms. The van der Waals surface area contributed by atoms with Gasteiger partial charge in [0.1, 0.15) is 0 Å². The highest BCUT2D eigenvalue weighted by molar-refractivity contribution is 7.92. The Kier molecular flexibility index (Phi) is 3.52. The number of hydrogen-bond acceptors (Lipinski definition) is 5. The number of rotatable bonds is 3. The van der Waals surface area contributed by atoms with E-state index in [4.69, 9.17) is 10.5 Å². The minimum absolute atomic E-state index is 0.105. The molecule has 0 bridgehead atoms. The van der Waals surface area contributed by atoms with Gasteiger partial charge >= 0.3 is 0 Å². The van der Waals surface area contributed by atoms with Crippen molar-refractivity contribution in [1.29, 1.82) is 0 Å². The first-order valence-corrected chi connectivity index (χ1v) is 9.52. The summed E-state index contributed by atoms with van der Waals surface area (Å²) < 4.78 is 30.3. The van der Waals surface area contributed by atoms with Gasteiger partial charge in [0.05, 0.1) is 23.4 Å². The third-order valence-corrected chi connectivity index (χ3v) is 7.21. The molecule has 3 aliphatic rings. The van der Waals surface area contributed by atoms with Gasteiger partial charge in [-0.25, -0.2) is 8.42 Å². The van der Waals surface area contributed by atoms with Crippen LogP contribution in [0.2, 0.25) is 0 Å². The highest BCUT2D eigenvalue weighted by Gasteiger charge is 2.38. The number of benzene rings is 1. The molecular formula is C16H22N2O3S. The molecule has 0 radical (unpaired) electrons. The fourth-order valence-corrected chi connectivity index (χ4v) is 5.20. The van der Waals surface area contributed by atoms with Gasteiger partial charge in [-0.1, -0.05) is 6.07 Å². The number of nitrogens with zero attached hydrogens (tertiary/aromatic N) is 1. The third-order valence-electron chi connectivity index (χ3n) is 4.95. The van der Waals surface area contributed by atoms with Crippen LogP contribution in [0.15, 0.2) is 23.1 Å². The zero-order valence-corrected chi connectivity index (χ0v) is 13.4. The number of hydrogen-bond donors (Lipinski definition) is 1. The van der Waals surface area contributed by atoms with Crippen molar-refractivity contribution in [3.63, 3.8) is 0 Å². The summed E-state index contributed by atoms with van der Waals surface area (Å²) >= 11 is 0. The molecule has 0 amide bonds. The van der Waals surface area contributed by atoms with Crippen LogP contribution in [0.3, 0.4) is 0 Å². The van der Waals surface area contributed by atoms with Crippen LogP contribution in [0.25, 0.3) is 0 Å². The van der Waals surface area contributed by atoms with Gasteiger partial charge in [-0.2, -0.15) is 0 Å². The minimum atomic E-state index is -3.10. The molecule has 2 heterocycles. The summed E-state index contributed by atoms with van der Waals surface area (Å²) in [6, 6.07) is 6.08. The summed E-state index contributed by atoms with van der Waals surface area (Å²) in [5.41, 5.74) is 8.36. The topological polar surface area (TPSA) is 72.6 Å². The lowest BCUT2D eigenvalue weighted by molar-refractivity contribution is 0.00549. The Balaban J connectivity index is 1.54. The average Bonchev–Trinajstić information content (AvgIpc) is 3.27. The first kappa shape index (κ1) is 14.6. The normalized spacial score (nSPS) is 29.5. The maximum Gasteiger partial charge on any atom is 0.181 e. The Bertz CT molecular complexity index is 685. The maximum absolute atomic E-state index is 12.4. The van der Waals surface area contributed by atoms with Gasteiger partial charge in [-0.15, -0.1) is 0 Å². The molecule has 5 nitrogen and oxygen atoms in total. The summed E-state index contributed by atoms with van der Waals surface area (Å²) in [5, 5.41) is -0.146. The van der Waals surface area contributed by atoms with Crippen molar-refractivity contribution in [2.75, 3.05) is 13.2 Å². The van der Waals surface area contributed by atoms with Gasteiger partial charge < -0.3 is 10.5 Å². The summed E-state index contributed by atoms with van der Waals surface area (Å²) in [5.74, 6) is 0. The predicted octanol–water partition coefficient (Wildman–Crippen LogP) is 1.05. The summed E-state index contributed by atoms with van der Waals surface area (Å²) in [6.07, 6.45) is 2.56. The monoisotopic (exact) mass is 322 g/mol. The smallest absolute Gasteiger partial charge is 0.181 e. The van der Waals surface area contributed by atoms with E-state index in [2.05, 4.69) is 4.90 Å². The van der Waals surface area contributed by atoms with Gasteiger partial charge in [0.2, 0.25) is 0 Å². The van der Waals surface area contributed by atoms with E-state index in [-0.39, 0.29) is 11.3 Å². The SMILES string of the molecule is NC1COCC(N2Cc3ccc(S(=O)(=O)C4CC4)cc3C2)C1. The van der Waals surface area contributed by atoms with Crippen LogP contribution >= 0.6 is 0 Å². The van der Waals surface area contributed by atoms with E-state index in [9.17, 15) is 8.42 Å². The summed E-state index contributed by atoms with van der Waals surface area (Å²) in [7, 11) is -3.10. The van der Waals surface area contributed by atoms with Crippen molar-refractivity contribution in [3.8, 4) is 0 Å². The molecule has 2 N–H and O–H groups in total. The van der Waals surface area contributed by atoms with E-state index >= 15 is 0 Å². The van der Waals surface area contributed by atoms with E-state index < -0.39 is 9.84 Å². The average molecular weight is 322 g/mol. The molecule has 1 aromatic rings. The van der Waals surface area contributed by atoms with E-state index in [1.165, 1.54) is 5.56 Å². The van der Waals surface area contributed by atoms with Crippen molar-refractivity contribution in [3.05, 3.63) is 29.3 Å². The molecule has 1 saturated heterocycles. The lowest BCUT2D eigenvalue weighted by Crippen LogP contribution is -2.46. The van der Waals surface area contributed by atoms with E-state index in [1.807, 2.05) is 12.1 Å². The Morgan fingerprint density at radius 1 is 1.14 bits per heavy atom. The zero-order chi connectivity index (χ0) is 15.3. The highest BCUT2D eigenvalue weighted by Crippen LogP contribution is 2.36. The van der Waals surface area contributed by atoms with Crippen molar-refractivity contribution >= 4 is 9.84 Å². The molecule has 1 aliphatic carbocycles. The van der Waals surface area contributed by atoms with E-state index in [1.54, 1.807) is 6.07 Å². The van der Waals surface area contributed by atoms with E-state index in [0.29, 0.717) is 17.5 Å². The molecule has 0 spiro atoms. The lowest BCUT2D eigenvalue weighted by Gasteiger charge is -2.33. The van der Waals surface area contributed by atoms with Crippen LogP contribution in [-0.2, 0) is 27.7 Å². The second kappa shape index (κ2) is 5.30. The van der Waals surface area contributed by atoms with Crippen molar-refractivity contribution in [1.82, 2.24) is 4.90 Å². The Morgan fingerprint density at radius 2 is 1.91 bits per heavy atom. The molecule has 120 valence electrons. The largest absolute Gasteiger partial charge is 0.378 e. The van der Waals surface area contributed by atoms with Gasteiger partial charge in [0, 0.05) is 25.2 Å². The first-order chi connectivity index (χ1) is 10.5. The van der Waals surface area contributed by atoms with Gasteiger partial charge in [-0.3, -0.25) is 4.90 Å². The van der Waals surface area contributed by atoms with Gasteiger partial charge in [0.15, 0.2) is 9.84 Å². The molecular weight excluding hydrogens is 300 g/mol. The van der Waals surface area contributed by atoms with Gasteiger partial charge in [-0.05, 0) is 42.5 Å². The molecule has 6 heteroatoms. The number of ether oxygens (including phenoxy) is 1. The predicted molar refractivity (Wildman–Crippen MR) is 83.1 cm³/mol. The molecule has 1 aromatic carbocycles. The number of sulfone groups is 1. The van der Waals surface area contributed by atoms with Crippen molar-refractivity contribution < 1.29 is 13.2 Å². The fourth-order valence-electron chi connectivity index (χ4n) is 3.50. The summed E-state index contributed by atoms with van der Waals surface area (Å²) in [6.45, 7) is 3.01. The molecule has 2 unspecified atom stereocenters. The lowest BCUT2D eigenvalue weighted by atomic mass is 10.1.